The Morgan fingerprint density at radius 3 is 1.07 bits per heavy atom. The Balaban J connectivity index is -0.000000180. The summed E-state index contributed by atoms with van der Waals surface area (Å²) in [6, 6.07) is 0. The van der Waals surface area contributed by atoms with Crippen molar-refractivity contribution < 1.29 is 10.2 Å². The van der Waals surface area contributed by atoms with E-state index in [-0.39, 0.29) is 35.3 Å². The maximum absolute atomic E-state index is 10.5. The molecule has 2 atom stereocenters. The van der Waals surface area contributed by atoms with Gasteiger partial charge in [0.2, 0.25) is 0 Å². The van der Waals surface area contributed by atoms with E-state index < -0.39 is 0 Å². The second-order valence-electron chi connectivity index (χ2n) is 3.64. The van der Waals surface area contributed by atoms with Crippen molar-refractivity contribution in [3.05, 3.63) is 0 Å². The SMILES string of the molecule is CCCC([O-])CC.CCCC([O-])CC.[Mg+2]. The first kappa shape index (κ1) is 21.0. The molecule has 0 radical (unpaired) electrons. The molecule has 2 unspecified atom stereocenters. The Kier molecular flexibility index (Phi) is 24.0. The predicted molar refractivity (Wildman–Crippen MR) is 63.7 cm³/mol. The molecule has 2 nitrogen and oxygen atoms in total. The van der Waals surface area contributed by atoms with Gasteiger partial charge in [-0.3, -0.25) is 0 Å². The molecule has 15 heavy (non-hydrogen) atoms. The van der Waals surface area contributed by atoms with Crippen molar-refractivity contribution in [3.63, 3.8) is 0 Å². The van der Waals surface area contributed by atoms with Gasteiger partial charge in [-0.25, -0.2) is 0 Å². The minimum atomic E-state index is -0.301. The molecular weight excluding hydrogens is 200 g/mol. The Morgan fingerprint density at radius 1 is 0.733 bits per heavy atom. The Hall–Kier alpha value is 0.686. The zero-order valence-electron chi connectivity index (χ0n) is 10.9. The second-order valence-corrected chi connectivity index (χ2v) is 3.64. The number of rotatable bonds is 6. The van der Waals surface area contributed by atoms with E-state index >= 15 is 0 Å². The van der Waals surface area contributed by atoms with Crippen LogP contribution < -0.4 is 10.2 Å². The third-order valence-electron chi connectivity index (χ3n) is 2.13. The Labute approximate surface area is 112 Å². The molecule has 0 aromatic carbocycles. The van der Waals surface area contributed by atoms with Crippen molar-refractivity contribution >= 4 is 23.1 Å². The molecule has 3 heteroatoms. The summed E-state index contributed by atoms with van der Waals surface area (Å²) < 4.78 is 0. The number of hydrogen-bond donors (Lipinski definition) is 0. The van der Waals surface area contributed by atoms with E-state index in [2.05, 4.69) is 0 Å². The summed E-state index contributed by atoms with van der Waals surface area (Å²) in [5.41, 5.74) is 0. The van der Waals surface area contributed by atoms with E-state index in [0.29, 0.717) is 0 Å². The molecule has 0 heterocycles. The third-order valence-corrected chi connectivity index (χ3v) is 2.13. The van der Waals surface area contributed by atoms with E-state index in [4.69, 9.17) is 0 Å². The van der Waals surface area contributed by atoms with Crippen molar-refractivity contribution in [3.8, 4) is 0 Å². The summed E-state index contributed by atoms with van der Waals surface area (Å²) in [7, 11) is 0. The van der Waals surface area contributed by atoms with E-state index in [9.17, 15) is 10.2 Å². The first-order valence-corrected chi connectivity index (χ1v) is 5.93. The minimum absolute atomic E-state index is 0. The predicted octanol–water partition coefficient (Wildman–Crippen LogP) is 1.47. The van der Waals surface area contributed by atoms with Gasteiger partial charge in [-0.2, -0.15) is 0 Å². The van der Waals surface area contributed by atoms with Gasteiger partial charge in [-0.1, -0.05) is 66.2 Å². The first-order chi connectivity index (χ1) is 6.62. The molecule has 0 spiro atoms. The largest absolute Gasteiger partial charge is 2.00 e. The van der Waals surface area contributed by atoms with Gasteiger partial charge >= 0.3 is 23.1 Å². The summed E-state index contributed by atoms with van der Waals surface area (Å²) in [5.74, 6) is 0. The molecule has 0 saturated carbocycles. The van der Waals surface area contributed by atoms with Crippen LogP contribution in [0.2, 0.25) is 0 Å². The second kappa shape index (κ2) is 17.1. The summed E-state index contributed by atoms with van der Waals surface area (Å²) in [5, 5.41) is 21.0. The fourth-order valence-electron chi connectivity index (χ4n) is 1.05. The molecule has 0 aromatic heterocycles. The van der Waals surface area contributed by atoms with E-state index in [1.54, 1.807) is 0 Å². The molecule has 0 aliphatic rings. The zero-order chi connectivity index (χ0) is 11.4. The third kappa shape index (κ3) is 20.7. The maximum atomic E-state index is 10.5. The van der Waals surface area contributed by atoms with Gasteiger partial charge in [-0.05, 0) is 0 Å². The summed E-state index contributed by atoms with van der Waals surface area (Å²) in [4.78, 5) is 0. The average molecular weight is 227 g/mol. The van der Waals surface area contributed by atoms with Crippen LogP contribution in [0.25, 0.3) is 0 Å². The van der Waals surface area contributed by atoms with Gasteiger partial charge in [0.05, 0.1) is 0 Å². The standard InChI is InChI=1S/2C6H13O.Mg/c2*1-3-5-6(7)4-2;/h2*6H,3-5H2,1-2H3;/q2*-1;+2. The van der Waals surface area contributed by atoms with Crippen LogP contribution in [0.15, 0.2) is 0 Å². The zero-order valence-corrected chi connectivity index (χ0v) is 12.3. The van der Waals surface area contributed by atoms with Gasteiger partial charge in [0.1, 0.15) is 0 Å². The van der Waals surface area contributed by atoms with Crippen LogP contribution in [0, 0.1) is 0 Å². The van der Waals surface area contributed by atoms with Crippen molar-refractivity contribution in [1.29, 1.82) is 0 Å². The quantitative estimate of drug-likeness (QED) is 0.644. The Morgan fingerprint density at radius 2 is 1.00 bits per heavy atom. The topological polar surface area (TPSA) is 46.1 Å². The fraction of sp³-hybridized carbons (Fsp3) is 1.00. The molecule has 0 aliphatic heterocycles. The first-order valence-electron chi connectivity index (χ1n) is 5.93. The van der Waals surface area contributed by atoms with Crippen LogP contribution in [-0.2, 0) is 0 Å². The molecule has 0 aromatic rings. The van der Waals surface area contributed by atoms with Crippen LogP contribution in [0.3, 0.4) is 0 Å². The van der Waals surface area contributed by atoms with Crippen LogP contribution in [0.4, 0.5) is 0 Å². The summed E-state index contributed by atoms with van der Waals surface area (Å²) >= 11 is 0. The molecule has 88 valence electrons. The Bertz CT molecular complexity index is 87.6. The number of hydrogen-bond acceptors (Lipinski definition) is 2. The van der Waals surface area contributed by atoms with Crippen LogP contribution in [0.5, 0.6) is 0 Å². The van der Waals surface area contributed by atoms with Gasteiger partial charge < -0.3 is 10.2 Å². The maximum Gasteiger partial charge on any atom is 2.00 e. The van der Waals surface area contributed by atoms with Crippen LogP contribution >= 0.6 is 0 Å². The molecule has 0 bridgehead atoms. The minimum Gasteiger partial charge on any atom is -0.852 e. The van der Waals surface area contributed by atoms with E-state index in [1.165, 1.54) is 0 Å². The molecule has 0 aliphatic carbocycles. The van der Waals surface area contributed by atoms with Crippen molar-refractivity contribution in [2.24, 2.45) is 0 Å². The van der Waals surface area contributed by atoms with Gasteiger partial charge in [0.15, 0.2) is 0 Å². The van der Waals surface area contributed by atoms with Crippen molar-refractivity contribution in [2.45, 2.75) is 78.4 Å². The summed E-state index contributed by atoms with van der Waals surface area (Å²) in [6.07, 6.45) is 4.72. The average Bonchev–Trinajstić information content (AvgIpc) is 2.19. The van der Waals surface area contributed by atoms with Gasteiger partial charge in [-0.15, -0.1) is 12.2 Å². The van der Waals surface area contributed by atoms with Gasteiger partial charge in [0.25, 0.3) is 0 Å². The van der Waals surface area contributed by atoms with E-state index in [0.717, 1.165) is 38.5 Å². The smallest absolute Gasteiger partial charge is 0.852 e. The normalized spacial score (nSPS) is 13.2. The molecule has 0 rings (SSSR count). The molecule has 0 fully saturated rings. The molecule has 0 amide bonds. The van der Waals surface area contributed by atoms with Crippen molar-refractivity contribution in [1.82, 2.24) is 0 Å². The fourth-order valence-corrected chi connectivity index (χ4v) is 1.05. The van der Waals surface area contributed by atoms with Gasteiger partial charge in [0, 0.05) is 0 Å². The van der Waals surface area contributed by atoms with Crippen LogP contribution in [0.1, 0.15) is 66.2 Å². The van der Waals surface area contributed by atoms with E-state index in [1.807, 2.05) is 27.7 Å². The monoisotopic (exact) mass is 226 g/mol. The molecular formula is C12H26MgO2. The summed E-state index contributed by atoms with van der Waals surface area (Å²) in [6.45, 7) is 7.96. The molecule has 0 saturated heterocycles. The molecule has 0 N–H and O–H groups in total. The van der Waals surface area contributed by atoms with Crippen LogP contribution in [-0.4, -0.2) is 35.3 Å². The van der Waals surface area contributed by atoms with Crippen molar-refractivity contribution in [2.75, 3.05) is 0 Å².